The van der Waals surface area contributed by atoms with Gasteiger partial charge in [-0.25, -0.2) is 9.79 Å². The van der Waals surface area contributed by atoms with E-state index in [-0.39, 0.29) is 11.7 Å². The van der Waals surface area contributed by atoms with E-state index < -0.39 is 12.0 Å². The minimum Gasteiger partial charge on any atom is -0.494 e. The fourth-order valence-corrected chi connectivity index (χ4v) is 5.85. The molecule has 0 fully saturated rings. The second kappa shape index (κ2) is 12.8. The lowest BCUT2D eigenvalue weighted by atomic mass is 9.96. The van der Waals surface area contributed by atoms with Crippen LogP contribution in [0.4, 0.5) is 0 Å². The standard InChI is InChI=1S/C33H31ClN2O5S/c1-5-39-26-15-11-24(12-16-26)30-29(32(38)41-20(2)3)21(4)35-33-36(30)31(37)28(42-33)18-23-7-6-8-27(17-23)40-19-22-9-13-25(34)14-10-22/h6-18,20,30H,5,19H2,1-4H3/b28-18+/t30-/m1/s1. The van der Waals surface area contributed by atoms with Gasteiger partial charge in [0.2, 0.25) is 0 Å². The summed E-state index contributed by atoms with van der Waals surface area (Å²) in [6.45, 7) is 8.20. The molecule has 0 unspecified atom stereocenters. The van der Waals surface area contributed by atoms with Crippen molar-refractivity contribution in [3.05, 3.63) is 125 Å². The molecule has 0 N–H and O–H groups in total. The van der Waals surface area contributed by atoms with Crippen molar-refractivity contribution in [3.8, 4) is 11.5 Å². The van der Waals surface area contributed by atoms with Gasteiger partial charge < -0.3 is 14.2 Å². The smallest absolute Gasteiger partial charge is 0.338 e. The van der Waals surface area contributed by atoms with Crippen LogP contribution in [-0.4, -0.2) is 23.2 Å². The van der Waals surface area contributed by atoms with Crippen molar-refractivity contribution in [1.29, 1.82) is 0 Å². The van der Waals surface area contributed by atoms with Gasteiger partial charge in [-0.15, -0.1) is 0 Å². The molecule has 7 nitrogen and oxygen atoms in total. The van der Waals surface area contributed by atoms with Gasteiger partial charge in [0.15, 0.2) is 4.80 Å². The summed E-state index contributed by atoms with van der Waals surface area (Å²) in [5.74, 6) is 0.886. The van der Waals surface area contributed by atoms with E-state index in [9.17, 15) is 9.59 Å². The van der Waals surface area contributed by atoms with Crippen LogP contribution in [0, 0.1) is 0 Å². The van der Waals surface area contributed by atoms with E-state index in [1.807, 2.05) is 85.8 Å². The molecule has 5 rings (SSSR count). The van der Waals surface area contributed by atoms with Crippen molar-refractivity contribution in [2.24, 2.45) is 4.99 Å². The molecule has 0 radical (unpaired) electrons. The summed E-state index contributed by atoms with van der Waals surface area (Å²) in [5.41, 5.74) is 3.17. The molecule has 0 amide bonds. The first-order valence-corrected chi connectivity index (χ1v) is 14.9. The lowest BCUT2D eigenvalue weighted by molar-refractivity contribution is -0.143. The third-order valence-corrected chi connectivity index (χ3v) is 7.80. The Hall–Kier alpha value is -4.14. The number of ether oxygens (including phenoxy) is 3. The van der Waals surface area contributed by atoms with Gasteiger partial charge in [0, 0.05) is 5.02 Å². The molecule has 42 heavy (non-hydrogen) atoms. The monoisotopic (exact) mass is 602 g/mol. The zero-order chi connectivity index (χ0) is 29.8. The van der Waals surface area contributed by atoms with E-state index in [2.05, 4.69) is 4.99 Å². The molecule has 9 heteroatoms. The molecule has 4 aromatic rings. The number of thiazole rings is 1. The Morgan fingerprint density at radius 1 is 1.05 bits per heavy atom. The van der Waals surface area contributed by atoms with Crippen LogP contribution < -0.4 is 24.4 Å². The molecular weight excluding hydrogens is 572 g/mol. The average Bonchev–Trinajstić information content (AvgIpc) is 3.26. The second-order valence-electron chi connectivity index (χ2n) is 10.0. The van der Waals surface area contributed by atoms with Gasteiger partial charge in [0.05, 0.1) is 34.6 Å². The van der Waals surface area contributed by atoms with E-state index in [1.54, 1.807) is 25.3 Å². The van der Waals surface area contributed by atoms with Gasteiger partial charge in [-0.2, -0.15) is 0 Å². The summed E-state index contributed by atoms with van der Waals surface area (Å²) < 4.78 is 19.2. The Kier molecular flexibility index (Phi) is 8.94. The van der Waals surface area contributed by atoms with Crippen LogP contribution >= 0.6 is 22.9 Å². The number of carbonyl (C=O) groups is 1. The van der Waals surface area contributed by atoms with Crippen LogP contribution in [0.2, 0.25) is 5.02 Å². The topological polar surface area (TPSA) is 79.1 Å². The Balaban J connectivity index is 1.53. The zero-order valence-electron chi connectivity index (χ0n) is 23.8. The summed E-state index contributed by atoms with van der Waals surface area (Å²) in [5, 5.41) is 0.672. The van der Waals surface area contributed by atoms with Crippen LogP contribution in [0.15, 0.2) is 93.9 Å². The van der Waals surface area contributed by atoms with Crippen LogP contribution in [0.3, 0.4) is 0 Å². The molecule has 1 aromatic heterocycles. The van der Waals surface area contributed by atoms with E-state index in [0.29, 0.717) is 50.3 Å². The number of hydrogen-bond acceptors (Lipinski definition) is 7. The fraction of sp³-hybridized carbons (Fsp3) is 0.242. The summed E-state index contributed by atoms with van der Waals surface area (Å²) in [6, 6.07) is 21.8. The number of carbonyl (C=O) groups excluding carboxylic acids is 1. The number of esters is 1. The van der Waals surface area contributed by atoms with Crippen LogP contribution in [0.1, 0.15) is 50.4 Å². The number of rotatable bonds is 9. The van der Waals surface area contributed by atoms with Gasteiger partial charge in [-0.05, 0) is 86.9 Å². The zero-order valence-corrected chi connectivity index (χ0v) is 25.4. The maximum Gasteiger partial charge on any atom is 0.338 e. The summed E-state index contributed by atoms with van der Waals surface area (Å²) in [7, 11) is 0. The number of fused-ring (bicyclic) bond motifs is 1. The Morgan fingerprint density at radius 3 is 2.48 bits per heavy atom. The normalized spacial score (nSPS) is 14.9. The highest BCUT2D eigenvalue weighted by atomic mass is 35.5. The first-order valence-electron chi connectivity index (χ1n) is 13.7. The maximum atomic E-state index is 13.9. The van der Waals surface area contributed by atoms with Crippen LogP contribution in [-0.2, 0) is 16.1 Å². The van der Waals surface area contributed by atoms with Gasteiger partial charge in [0.25, 0.3) is 5.56 Å². The first kappa shape index (κ1) is 29.4. The minimum absolute atomic E-state index is 0.243. The molecule has 0 aliphatic carbocycles. The van der Waals surface area contributed by atoms with Crippen LogP contribution in [0.25, 0.3) is 6.08 Å². The molecule has 0 spiro atoms. The molecule has 3 aromatic carbocycles. The van der Waals surface area contributed by atoms with Gasteiger partial charge in [-0.3, -0.25) is 9.36 Å². The van der Waals surface area contributed by atoms with Crippen molar-refractivity contribution in [2.75, 3.05) is 6.61 Å². The first-order chi connectivity index (χ1) is 20.2. The molecule has 2 heterocycles. The van der Waals surface area contributed by atoms with Crippen molar-refractivity contribution >= 4 is 35.0 Å². The maximum absolute atomic E-state index is 13.9. The molecular formula is C33H31ClN2O5S. The largest absolute Gasteiger partial charge is 0.494 e. The minimum atomic E-state index is -0.695. The highest BCUT2D eigenvalue weighted by molar-refractivity contribution is 7.07. The fourth-order valence-electron chi connectivity index (χ4n) is 4.68. The van der Waals surface area contributed by atoms with Crippen LogP contribution in [0.5, 0.6) is 11.5 Å². The van der Waals surface area contributed by atoms with Gasteiger partial charge in [-0.1, -0.05) is 59.3 Å². The SMILES string of the molecule is CCOc1ccc([C@@H]2C(C(=O)OC(C)C)=C(C)N=c3s/c(=C/c4cccc(OCc5ccc(Cl)cc5)c4)c(=O)n32)cc1. The molecule has 216 valence electrons. The third kappa shape index (κ3) is 6.50. The quantitative estimate of drug-likeness (QED) is 0.226. The number of halogens is 1. The molecule has 1 atom stereocenters. The van der Waals surface area contributed by atoms with Gasteiger partial charge >= 0.3 is 5.97 Å². The van der Waals surface area contributed by atoms with E-state index in [1.165, 1.54) is 11.3 Å². The summed E-state index contributed by atoms with van der Waals surface area (Å²) in [6.07, 6.45) is 1.50. The number of aromatic nitrogens is 1. The second-order valence-corrected chi connectivity index (χ2v) is 11.5. The van der Waals surface area contributed by atoms with Crippen molar-refractivity contribution in [3.63, 3.8) is 0 Å². The summed E-state index contributed by atoms with van der Waals surface area (Å²) in [4.78, 5) is 32.4. The highest BCUT2D eigenvalue weighted by Gasteiger charge is 2.33. The molecule has 1 aliphatic rings. The predicted molar refractivity (Wildman–Crippen MR) is 165 cm³/mol. The molecule has 0 saturated heterocycles. The van der Waals surface area contributed by atoms with Crippen molar-refractivity contribution < 1.29 is 19.0 Å². The third-order valence-electron chi connectivity index (χ3n) is 6.57. The summed E-state index contributed by atoms with van der Waals surface area (Å²) >= 11 is 7.26. The lowest BCUT2D eigenvalue weighted by Crippen LogP contribution is -2.40. The predicted octanol–water partition coefficient (Wildman–Crippen LogP) is 5.82. The number of allylic oxidation sites excluding steroid dienone is 1. The molecule has 0 saturated carbocycles. The Bertz CT molecular complexity index is 1800. The molecule has 0 bridgehead atoms. The van der Waals surface area contributed by atoms with E-state index in [4.69, 9.17) is 25.8 Å². The molecule has 1 aliphatic heterocycles. The lowest BCUT2D eigenvalue weighted by Gasteiger charge is -2.25. The average molecular weight is 603 g/mol. The highest BCUT2D eigenvalue weighted by Crippen LogP contribution is 2.32. The van der Waals surface area contributed by atoms with Gasteiger partial charge in [0.1, 0.15) is 18.1 Å². The van der Waals surface area contributed by atoms with E-state index in [0.717, 1.165) is 16.7 Å². The van der Waals surface area contributed by atoms with Crippen molar-refractivity contribution in [1.82, 2.24) is 4.57 Å². The van der Waals surface area contributed by atoms with Crippen molar-refractivity contribution in [2.45, 2.75) is 46.4 Å². The van der Waals surface area contributed by atoms with E-state index >= 15 is 0 Å². The number of hydrogen-bond donors (Lipinski definition) is 0. The number of nitrogens with zero attached hydrogens (tertiary/aromatic N) is 2. The Morgan fingerprint density at radius 2 is 1.79 bits per heavy atom. The Labute approximate surface area is 253 Å². The number of benzene rings is 3.